The molecule has 0 radical (unpaired) electrons. The number of esters is 1. The van der Waals surface area contributed by atoms with Gasteiger partial charge in [0.15, 0.2) is 0 Å². The van der Waals surface area contributed by atoms with Gasteiger partial charge in [0.25, 0.3) is 0 Å². The molecule has 4 heteroatoms. The molecular weight excluding hydrogens is 170 g/mol. The van der Waals surface area contributed by atoms with E-state index in [1.54, 1.807) is 0 Å². The third-order valence-corrected chi connectivity index (χ3v) is 2.09. The van der Waals surface area contributed by atoms with Crippen molar-refractivity contribution in [2.75, 3.05) is 7.11 Å². The van der Waals surface area contributed by atoms with Gasteiger partial charge in [0, 0.05) is 12.3 Å². The smallest absolute Gasteiger partial charge is 0.323 e. The predicted octanol–water partition coefficient (Wildman–Crippen LogP) is 0.492. The molecule has 0 fully saturated rings. The SMILES string of the molecule is CCC(C)C(=O)CC(N)C(=O)OC. The Bertz CT molecular complexity index is 191. The Hall–Kier alpha value is -0.900. The summed E-state index contributed by atoms with van der Waals surface area (Å²) in [7, 11) is 1.26. The molecule has 0 spiro atoms. The average molecular weight is 187 g/mol. The Kier molecular flexibility index (Phi) is 5.30. The molecule has 0 aromatic heterocycles. The lowest BCUT2D eigenvalue weighted by Crippen LogP contribution is -2.35. The van der Waals surface area contributed by atoms with Gasteiger partial charge in [-0.1, -0.05) is 13.8 Å². The van der Waals surface area contributed by atoms with Crippen LogP contribution in [-0.2, 0) is 14.3 Å². The first-order valence-electron chi connectivity index (χ1n) is 4.39. The molecule has 0 saturated heterocycles. The molecule has 0 aliphatic carbocycles. The second-order valence-corrected chi connectivity index (χ2v) is 3.11. The zero-order valence-corrected chi connectivity index (χ0v) is 8.37. The summed E-state index contributed by atoms with van der Waals surface area (Å²) in [5.74, 6) is -0.548. The Balaban J connectivity index is 3.98. The Morgan fingerprint density at radius 1 is 1.46 bits per heavy atom. The van der Waals surface area contributed by atoms with Crippen LogP contribution in [0.1, 0.15) is 26.7 Å². The first-order chi connectivity index (χ1) is 6.02. The standard InChI is InChI=1S/C9H17NO3/c1-4-6(2)8(11)5-7(10)9(12)13-3/h6-7H,4-5,10H2,1-3H3. The van der Waals surface area contributed by atoms with E-state index in [0.29, 0.717) is 0 Å². The Morgan fingerprint density at radius 2 is 2.00 bits per heavy atom. The summed E-state index contributed by atoms with van der Waals surface area (Å²) >= 11 is 0. The van der Waals surface area contributed by atoms with Crippen LogP contribution in [0, 0.1) is 5.92 Å². The van der Waals surface area contributed by atoms with Gasteiger partial charge in [0.1, 0.15) is 11.8 Å². The zero-order chi connectivity index (χ0) is 10.4. The second-order valence-electron chi connectivity index (χ2n) is 3.11. The predicted molar refractivity (Wildman–Crippen MR) is 49.1 cm³/mol. The molecule has 0 bridgehead atoms. The highest BCUT2D eigenvalue weighted by Crippen LogP contribution is 2.06. The number of hydrogen-bond acceptors (Lipinski definition) is 4. The molecule has 2 atom stereocenters. The van der Waals surface area contributed by atoms with Crippen LogP contribution in [0.15, 0.2) is 0 Å². The number of carbonyl (C=O) groups excluding carboxylic acids is 2. The molecule has 0 heterocycles. The van der Waals surface area contributed by atoms with E-state index in [1.807, 2.05) is 13.8 Å². The number of hydrogen-bond donors (Lipinski definition) is 1. The second kappa shape index (κ2) is 5.70. The number of carbonyl (C=O) groups is 2. The summed E-state index contributed by atoms with van der Waals surface area (Å²) in [6.07, 6.45) is 0.842. The molecule has 4 nitrogen and oxygen atoms in total. The highest BCUT2D eigenvalue weighted by molar-refractivity contribution is 5.87. The van der Waals surface area contributed by atoms with Crippen molar-refractivity contribution in [3.8, 4) is 0 Å². The van der Waals surface area contributed by atoms with Crippen LogP contribution in [0.5, 0.6) is 0 Å². The zero-order valence-electron chi connectivity index (χ0n) is 8.37. The van der Waals surface area contributed by atoms with Crippen LogP contribution in [0.4, 0.5) is 0 Å². The number of ketones is 1. The molecule has 0 rings (SSSR count). The van der Waals surface area contributed by atoms with Crippen LogP contribution >= 0.6 is 0 Å². The van der Waals surface area contributed by atoms with E-state index in [9.17, 15) is 9.59 Å². The largest absolute Gasteiger partial charge is 0.468 e. The van der Waals surface area contributed by atoms with Gasteiger partial charge in [0.05, 0.1) is 7.11 Å². The van der Waals surface area contributed by atoms with Gasteiger partial charge < -0.3 is 10.5 Å². The molecule has 0 amide bonds. The molecule has 0 aliphatic heterocycles. The van der Waals surface area contributed by atoms with Crippen LogP contribution in [0.25, 0.3) is 0 Å². The monoisotopic (exact) mass is 187 g/mol. The first kappa shape index (κ1) is 12.1. The average Bonchev–Trinajstić information content (AvgIpc) is 2.14. The molecule has 13 heavy (non-hydrogen) atoms. The number of methoxy groups -OCH3 is 1. The van der Waals surface area contributed by atoms with Crippen molar-refractivity contribution < 1.29 is 14.3 Å². The van der Waals surface area contributed by atoms with Crippen molar-refractivity contribution in [2.24, 2.45) is 11.7 Å². The van der Waals surface area contributed by atoms with E-state index in [4.69, 9.17) is 5.73 Å². The lowest BCUT2D eigenvalue weighted by atomic mass is 9.98. The number of ether oxygens (including phenoxy) is 1. The summed E-state index contributed by atoms with van der Waals surface area (Å²) in [6.45, 7) is 3.75. The highest BCUT2D eigenvalue weighted by Gasteiger charge is 2.20. The quantitative estimate of drug-likeness (QED) is 0.636. The third kappa shape index (κ3) is 4.03. The van der Waals surface area contributed by atoms with Crippen molar-refractivity contribution in [2.45, 2.75) is 32.7 Å². The molecule has 0 aliphatic rings. The van der Waals surface area contributed by atoms with E-state index >= 15 is 0 Å². The molecule has 0 aromatic carbocycles. The van der Waals surface area contributed by atoms with Gasteiger partial charge in [0.2, 0.25) is 0 Å². The Labute approximate surface area is 78.4 Å². The summed E-state index contributed by atoms with van der Waals surface area (Å²) < 4.78 is 4.41. The van der Waals surface area contributed by atoms with Gasteiger partial charge in [-0.2, -0.15) is 0 Å². The Morgan fingerprint density at radius 3 is 2.38 bits per heavy atom. The van der Waals surface area contributed by atoms with E-state index in [1.165, 1.54) is 7.11 Å². The van der Waals surface area contributed by atoms with Crippen molar-refractivity contribution in [3.05, 3.63) is 0 Å². The van der Waals surface area contributed by atoms with Gasteiger partial charge in [-0.05, 0) is 6.42 Å². The van der Waals surface area contributed by atoms with Crippen LogP contribution in [0.3, 0.4) is 0 Å². The summed E-state index contributed by atoms with van der Waals surface area (Å²) in [4.78, 5) is 22.2. The van der Waals surface area contributed by atoms with Gasteiger partial charge in [-0.25, -0.2) is 0 Å². The van der Waals surface area contributed by atoms with Crippen LogP contribution < -0.4 is 5.73 Å². The maximum atomic E-state index is 11.3. The van der Waals surface area contributed by atoms with Gasteiger partial charge in [-0.15, -0.1) is 0 Å². The van der Waals surface area contributed by atoms with Crippen LogP contribution in [0.2, 0.25) is 0 Å². The fourth-order valence-electron chi connectivity index (χ4n) is 0.880. The van der Waals surface area contributed by atoms with E-state index < -0.39 is 12.0 Å². The summed E-state index contributed by atoms with van der Waals surface area (Å²) in [5, 5.41) is 0. The van der Waals surface area contributed by atoms with E-state index in [0.717, 1.165) is 6.42 Å². The van der Waals surface area contributed by atoms with E-state index in [2.05, 4.69) is 4.74 Å². The van der Waals surface area contributed by atoms with Gasteiger partial charge >= 0.3 is 5.97 Å². The lowest BCUT2D eigenvalue weighted by Gasteiger charge is -2.11. The van der Waals surface area contributed by atoms with Crippen LogP contribution in [-0.4, -0.2) is 24.9 Å². The van der Waals surface area contributed by atoms with Crippen molar-refractivity contribution in [1.82, 2.24) is 0 Å². The minimum Gasteiger partial charge on any atom is -0.468 e. The molecule has 0 aromatic rings. The highest BCUT2D eigenvalue weighted by atomic mass is 16.5. The van der Waals surface area contributed by atoms with Crippen molar-refractivity contribution >= 4 is 11.8 Å². The molecular formula is C9H17NO3. The number of nitrogens with two attached hydrogens (primary N) is 1. The van der Waals surface area contributed by atoms with Crippen molar-refractivity contribution in [3.63, 3.8) is 0 Å². The third-order valence-electron chi connectivity index (χ3n) is 2.09. The molecule has 76 valence electrons. The summed E-state index contributed by atoms with van der Waals surface area (Å²) in [6, 6.07) is -0.813. The number of Topliss-reactive ketones (excluding diaryl/α,β-unsaturated/α-hetero) is 1. The number of rotatable bonds is 5. The normalized spacial score (nSPS) is 14.8. The fourth-order valence-corrected chi connectivity index (χ4v) is 0.880. The lowest BCUT2D eigenvalue weighted by molar-refractivity contribution is -0.143. The molecule has 2 unspecified atom stereocenters. The van der Waals surface area contributed by atoms with Gasteiger partial charge in [-0.3, -0.25) is 9.59 Å². The van der Waals surface area contributed by atoms with Crippen molar-refractivity contribution in [1.29, 1.82) is 0 Å². The minimum atomic E-state index is -0.813. The molecule has 0 saturated carbocycles. The maximum absolute atomic E-state index is 11.3. The minimum absolute atomic E-state index is 0.0143. The first-order valence-corrected chi connectivity index (χ1v) is 4.39. The maximum Gasteiger partial charge on any atom is 0.323 e. The topological polar surface area (TPSA) is 69.4 Å². The fraction of sp³-hybridized carbons (Fsp3) is 0.778. The van der Waals surface area contributed by atoms with E-state index in [-0.39, 0.29) is 18.1 Å². The summed E-state index contributed by atoms with van der Waals surface area (Å²) in [5.41, 5.74) is 5.43. The molecule has 2 N–H and O–H groups in total.